The zero-order valence-electron chi connectivity index (χ0n) is 5.70. The first-order valence-corrected chi connectivity index (χ1v) is 4.29. The molecular weight excluding hydrogens is 154 g/mol. The number of hydrogen-bond acceptors (Lipinski definition) is 3. The van der Waals surface area contributed by atoms with E-state index in [1.54, 1.807) is 0 Å². The monoisotopic (exact) mass is 164 g/mol. The van der Waals surface area contributed by atoms with Crippen LogP contribution in [0.4, 0.5) is 0 Å². The fraction of sp³-hybridized carbons (Fsp3) is 0.600. The molecule has 0 spiro atoms. The van der Waals surface area contributed by atoms with Gasteiger partial charge in [0, 0.05) is 6.42 Å². The van der Waals surface area contributed by atoms with Crippen LogP contribution in [0.3, 0.4) is 0 Å². The highest BCUT2D eigenvalue weighted by atomic mass is 32.2. The summed E-state index contributed by atoms with van der Waals surface area (Å²) in [5.74, 6) is -0.228. The summed E-state index contributed by atoms with van der Waals surface area (Å²) in [6.45, 7) is 4.51. The van der Waals surface area contributed by atoms with Crippen LogP contribution in [0.25, 0.3) is 0 Å². The largest absolute Gasteiger partial charge is 0.300 e. The number of Topliss-reactive ketones (excluding diaryl/α,β-unsaturated/α-hetero) is 1. The Morgan fingerprint density at radius 1 is 1.70 bits per heavy atom. The van der Waals surface area contributed by atoms with Crippen molar-refractivity contribution < 1.29 is 13.2 Å². The van der Waals surface area contributed by atoms with Gasteiger partial charge in [-0.1, -0.05) is 0 Å². The highest BCUT2D eigenvalue weighted by molar-refractivity contribution is 7.89. The molecule has 0 aromatic heterocycles. The molecule has 0 saturated heterocycles. The number of nitrogens with two attached hydrogens (primary N) is 1. The van der Waals surface area contributed by atoms with Gasteiger partial charge < -0.3 is 0 Å². The highest BCUT2D eigenvalue weighted by Gasteiger charge is 2.16. The molecule has 2 N–H and O–H groups in total. The van der Waals surface area contributed by atoms with Gasteiger partial charge in [0.15, 0.2) is 0 Å². The SMILES string of the molecule is [CH2]C(CC(C)=O)S(N)(=O)=O. The normalized spacial score (nSPS) is 14.7. The van der Waals surface area contributed by atoms with Crippen molar-refractivity contribution in [1.29, 1.82) is 0 Å². The van der Waals surface area contributed by atoms with E-state index in [1.807, 2.05) is 0 Å². The van der Waals surface area contributed by atoms with Crippen molar-refractivity contribution in [1.82, 2.24) is 0 Å². The van der Waals surface area contributed by atoms with Gasteiger partial charge in [-0.2, -0.15) is 0 Å². The Bertz CT molecular complexity index is 219. The molecule has 10 heavy (non-hydrogen) atoms. The Kier molecular flexibility index (Phi) is 2.98. The van der Waals surface area contributed by atoms with Crippen LogP contribution in [0.2, 0.25) is 0 Å². The lowest BCUT2D eigenvalue weighted by Crippen LogP contribution is -2.27. The summed E-state index contributed by atoms with van der Waals surface area (Å²) in [4.78, 5) is 10.3. The minimum Gasteiger partial charge on any atom is -0.300 e. The molecule has 0 aliphatic rings. The first-order valence-electron chi connectivity index (χ1n) is 2.68. The molecule has 0 aliphatic carbocycles. The van der Waals surface area contributed by atoms with Gasteiger partial charge in [-0.05, 0) is 13.8 Å². The van der Waals surface area contributed by atoms with E-state index in [9.17, 15) is 13.2 Å². The van der Waals surface area contributed by atoms with Crippen LogP contribution in [0.5, 0.6) is 0 Å². The Morgan fingerprint density at radius 3 is 2.20 bits per heavy atom. The standard InChI is InChI=1S/C5H10NO3S/c1-4(7)3-5(2)10(6,8)9/h5H,2-3H2,1H3,(H2,6,8,9). The van der Waals surface area contributed by atoms with Gasteiger partial charge in [-0.15, -0.1) is 0 Å². The number of ketones is 1. The average molecular weight is 164 g/mol. The third-order valence-electron chi connectivity index (χ3n) is 0.980. The summed E-state index contributed by atoms with van der Waals surface area (Å²) >= 11 is 0. The van der Waals surface area contributed by atoms with Crippen molar-refractivity contribution in [3.05, 3.63) is 6.92 Å². The lowest BCUT2D eigenvalue weighted by molar-refractivity contribution is -0.116. The number of carbonyl (C=O) groups is 1. The molecule has 0 aromatic carbocycles. The van der Waals surface area contributed by atoms with Crippen LogP contribution >= 0.6 is 0 Å². The zero-order chi connectivity index (χ0) is 8.36. The number of hydrogen-bond donors (Lipinski definition) is 1. The fourth-order valence-electron chi connectivity index (χ4n) is 0.437. The molecule has 0 rings (SSSR count). The van der Waals surface area contributed by atoms with Crippen LogP contribution < -0.4 is 5.14 Å². The maximum atomic E-state index is 10.4. The quantitative estimate of drug-likeness (QED) is 0.608. The fourth-order valence-corrected chi connectivity index (χ4v) is 0.904. The van der Waals surface area contributed by atoms with Gasteiger partial charge in [-0.25, -0.2) is 13.6 Å². The molecule has 0 fully saturated rings. The summed E-state index contributed by atoms with van der Waals surface area (Å²) in [5.41, 5.74) is 0. The Morgan fingerprint density at radius 2 is 2.10 bits per heavy atom. The van der Waals surface area contributed by atoms with E-state index < -0.39 is 15.3 Å². The molecule has 0 amide bonds. The summed E-state index contributed by atoms with van der Waals surface area (Å²) in [6.07, 6.45) is -0.112. The maximum absolute atomic E-state index is 10.4. The molecule has 59 valence electrons. The second kappa shape index (κ2) is 3.12. The average Bonchev–Trinajstić information content (AvgIpc) is 1.60. The van der Waals surface area contributed by atoms with E-state index in [0.717, 1.165) is 0 Å². The number of rotatable bonds is 3. The van der Waals surface area contributed by atoms with Gasteiger partial charge >= 0.3 is 0 Å². The van der Waals surface area contributed by atoms with Gasteiger partial charge in [0.05, 0.1) is 5.25 Å². The van der Waals surface area contributed by atoms with Gasteiger partial charge in [0.2, 0.25) is 10.0 Å². The number of primary sulfonamides is 1. The summed E-state index contributed by atoms with van der Waals surface area (Å²) in [5, 5.41) is 3.68. The lowest BCUT2D eigenvalue weighted by Gasteiger charge is -2.03. The van der Waals surface area contributed by atoms with Crippen molar-refractivity contribution in [2.75, 3.05) is 0 Å². The second-order valence-corrected chi connectivity index (χ2v) is 3.96. The van der Waals surface area contributed by atoms with Crippen LogP contribution in [0.15, 0.2) is 0 Å². The molecule has 0 aliphatic heterocycles. The van der Waals surface area contributed by atoms with E-state index in [0.29, 0.717) is 0 Å². The molecule has 0 bridgehead atoms. The molecule has 0 heterocycles. The summed E-state index contributed by atoms with van der Waals surface area (Å²) in [6, 6.07) is 0. The van der Waals surface area contributed by atoms with E-state index in [4.69, 9.17) is 0 Å². The molecular formula is C5H10NO3S. The van der Waals surface area contributed by atoms with Crippen molar-refractivity contribution in [3.8, 4) is 0 Å². The predicted molar refractivity (Wildman–Crippen MR) is 37.6 cm³/mol. The predicted octanol–water partition coefficient (Wildman–Crippen LogP) is -0.543. The minimum atomic E-state index is -3.63. The first-order chi connectivity index (χ1) is 4.34. The van der Waals surface area contributed by atoms with Crippen molar-refractivity contribution in [2.24, 2.45) is 5.14 Å². The molecule has 5 heteroatoms. The van der Waals surface area contributed by atoms with Crippen molar-refractivity contribution in [2.45, 2.75) is 18.6 Å². The third-order valence-corrected chi connectivity index (χ3v) is 2.08. The van der Waals surface area contributed by atoms with Gasteiger partial charge in [0.1, 0.15) is 5.78 Å². The molecule has 1 atom stereocenters. The molecule has 1 unspecified atom stereocenters. The Hall–Kier alpha value is -0.420. The molecule has 1 radical (unpaired) electrons. The van der Waals surface area contributed by atoms with Gasteiger partial charge in [0.25, 0.3) is 0 Å². The molecule has 0 saturated carbocycles. The van der Waals surface area contributed by atoms with Crippen LogP contribution in [-0.2, 0) is 14.8 Å². The van der Waals surface area contributed by atoms with Gasteiger partial charge in [-0.3, -0.25) is 4.79 Å². The molecule has 4 nitrogen and oxygen atoms in total. The topological polar surface area (TPSA) is 77.2 Å². The van der Waals surface area contributed by atoms with Crippen molar-refractivity contribution >= 4 is 15.8 Å². The number of carbonyl (C=O) groups excluding carboxylic acids is 1. The second-order valence-electron chi connectivity index (χ2n) is 2.12. The molecule has 0 aromatic rings. The first kappa shape index (κ1) is 9.58. The summed E-state index contributed by atoms with van der Waals surface area (Å²) < 4.78 is 20.9. The summed E-state index contributed by atoms with van der Waals surface area (Å²) in [7, 11) is -3.63. The lowest BCUT2D eigenvalue weighted by atomic mass is 10.2. The maximum Gasteiger partial charge on any atom is 0.212 e. The Labute approximate surface area is 60.5 Å². The van der Waals surface area contributed by atoms with E-state index >= 15 is 0 Å². The van der Waals surface area contributed by atoms with Crippen LogP contribution in [0.1, 0.15) is 13.3 Å². The van der Waals surface area contributed by atoms with E-state index in [-0.39, 0.29) is 12.2 Å². The highest BCUT2D eigenvalue weighted by Crippen LogP contribution is 1.99. The van der Waals surface area contributed by atoms with E-state index in [2.05, 4.69) is 12.1 Å². The minimum absolute atomic E-state index is 0.112. The smallest absolute Gasteiger partial charge is 0.212 e. The zero-order valence-corrected chi connectivity index (χ0v) is 6.52. The Balaban J connectivity index is 4.12. The number of sulfonamides is 1. The van der Waals surface area contributed by atoms with Crippen LogP contribution in [-0.4, -0.2) is 19.5 Å². The van der Waals surface area contributed by atoms with Crippen LogP contribution in [0, 0.1) is 6.92 Å². The van der Waals surface area contributed by atoms with E-state index in [1.165, 1.54) is 6.92 Å². The van der Waals surface area contributed by atoms with Crippen molar-refractivity contribution in [3.63, 3.8) is 0 Å². The third kappa shape index (κ3) is 3.58.